The topological polar surface area (TPSA) is 524 Å². The number of hydrogen-bond donors (Lipinski definition) is 20. The molecular formula is C40H68N2O31. The first-order chi connectivity index (χ1) is 34.5. The Morgan fingerprint density at radius 3 is 1.18 bits per heavy atom. The van der Waals surface area contributed by atoms with E-state index >= 15 is 0 Å². The van der Waals surface area contributed by atoms with E-state index in [1.807, 2.05) is 0 Å². The Kier molecular flexibility index (Phi) is 21.3. The average Bonchev–Trinajstić information content (AvgIpc) is 3.35. The van der Waals surface area contributed by atoms with E-state index < -0.39 is 236 Å². The van der Waals surface area contributed by atoms with Crippen molar-refractivity contribution in [3.63, 3.8) is 0 Å². The third-order valence-corrected chi connectivity index (χ3v) is 13.2. The van der Waals surface area contributed by atoms with Gasteiger partial charge in [0.15, 0.2) is 37.7 Å². The van der Waals surface area contributed by atoms with Crippen molar-refractivity contribution in [2.75, 3.05) is 39.6 Å². The molecule has 0 unspecified atom stereocenters. The van der Waals surface area contributed by atoms with Crippen LogP contribution in [0.5, 0.6) is 0 Å². The van der Waals surface area contributed by atoms with Crippen molar-refractivity contribution in [3.05, 3.63) is 0 Å². The molecule has 33 heteroatoms. The van der Waals surface area contributed by atoms with Crippen LogP contribution in [0.1, 0.15) is 13.8 Å². The van der Waals surface area contributed by atoms with Crippen LogP contribution >= 0.6 is 0 Å². The molecule has 0 spiro atoms. The van der Waals surface area contributed by atoms with Gasteiger partial charge in [0.25, 0.3) is 0 Å². The molecule has 0 aliphatic carbocycles. The predicted molar refractivity (Wildman–Crippen MR) is 222 cm³/mol. The molecule has 20 N–H and O–H groups in total. The summed E-state index contributed by atoms with van der Waals surface area (Å²) in [7, 11) is 0. The van der Waals surface area contributed by atoms with E-state index in [0.717, 1.165) is 13.8 Å². The number of aliphatic hydroxyl groups excluding tert-OH is 18. The zero-order chi connectivity index (χ0) is 53.9. The largest absolute Gasteiger partial charge is 0.394 e. The van der Waals surface area contributed by atoms with Gasteiger partial charge in [0.1, 0.15) is 146 Å². The van der Waals surface area contributed by atoms with Crippen molar-refractivity contribution in [3.8, 4) is 0 Å². The third kappa shape index (κ3) is 13.0. The second kappa shape index (κ2) is 26.0. The number of aliphatic hydroxyl groups is 18. The van der Waals surface area contributed by atoms with E-state index in [1.165, 1.54) is 0 Å². The SMILES string of the molecule is CC(=O)N[C@@H]1[C@@H](O)[C@H](O[C@@H]2O[C@H](CO)[C@@H](O[C@@H]3O[C@H](CO[C@H]4O[C@H](CO)[C@@H](O)[C@H](O[C@H]5O[C@H](CO)[C@@H](O)[C@H](O)[C@@H]5O)[C@@H]4O)[C@@H](O)[C@H](O[C@H]4O[C@H](CO)[C@@H](O)[C@H](O)[C@@H]4O)[C@@H]3O)[C@H](O)[C@H]2NC(C)=O)[C@@H](CO)O[C@@H]1O. The molecule has 0 aromatic rings. The van der Waals surface area contributed by atoms with Gasteiger partial charge in [-0.05, 0) is 0 Å². The Hall–Kier alpha value is -2.22. The first-order valence-corrected chi connectivity index (χ1v) is 23.1. The Balaban J connectivity index is 1.26. The maximum atomic E-state index is 12.6. The fourth-order valence-corrected chi connectivity index (χ4v) is 9.21. The summed E-state index contributed by atoms with van der Waals surface area (Å²) < 4.78 is 62.5. The molecule has 33 nitrogen and oxygen atoms in total. The first kappa shape index (κ1) is 60.0. The summed E-state index contributed by atoms with van der Waals surface area (Å²) >= 11 is 0. The van der Waals surface area contributed by atoms with Crippen molar-refractivity contribution < 1.29 is 154 Å². The summed E-state index contributed by atoms with van der Waals surface area (Å²) in [6, 6.07) is -3.28. The fraction of sp³-hybridized carbons (Fsp3) is 0.950. The smallest absolute Gasteiger partial charge is 0.217 e. The summed E-state index contributed by atoms with van der Waals surface area (Å²) in [5, 5.41) is 197. The highest BCUT2D eigenvalue weighted by Crippen LogP contribution is 2.36. The number of rotatable bonds is 18. The lowest BCUT2D eigenvalue weighted by molar-refractivity contribution is -0.386. The molecule has 6 saturated heterocycles. The third-order valence-electron chi connectivity index (χ3n) is 13.2. The van der Waals surface area contributed by atoms with E-state index in [1.54, 1.807) is 0 Å². The summed E-state index contributed by atoms with van der Waals surface area (Å²) in [5.41, 5.74) is 0. The molecule has 6 heterocycles. The predicted octanol–water partition coefficient (Wildman–Crippen LogP) is -13.8. The van der Waals surface area contributed by atoms with E-state index in [9.17, 15) is 102 Å². The quantitative estimate of drug-likeness (QED) is 0.0606. The van der Waals surface area contributed by atoms with Crippen LogP contribution in [0, 0.1) is 0 Å². The second-order valence-corrected chi connectivity index (χ2v) is 18.3. The zero-order valence-electron chi connectivity index (χ0n) is 38.9. The number of amides is 2. The fourth-order valence-electron chi connectivity index (χ4n) is 9.21. The molecule has 73 heavy (non-hydrogen) atoms. The summed E-state index contributed by atoms with van der Waals surface area (Å²) in [5.74, 6) is -1.55. The van der Waals surface area contributed by atoms with Gasteiger partial charge in [0.2, 0.25) is 11.8 Å². The number of ether oxygens (including phenoxy) is 11. The van der Waals surface area contributed by atoms with E-state index in [-0.39, 0.29) is 0 Å². The molecule has 0 aromatic carbocycles. The van der Waals surface area contributed by atoms with Crippen LogP contribution in [0.25, 0.3) is 0 Å². The molecule has 30 atom stereocenters. The van der Waals surface area contributed by atoms with Gasteiger partial charge in [-0.3, -0.25) is 9.59 Å². The monoisotopic (exact) mass is 1070 g/mol. The van der Waals surface area contributed by atoms with E-state index in [4.69, 9.17) is 52.1 Å². The molecule has 6 aliphatic rings. The Morgan fingerprint density at radius 2 is 0.699 bits per heavy atom. The van der Waals surface area contributed by atoms with Crippen LogP contribution in [-0.4, -0.2) is 327 Å². The normalized spacial score (nSPS) is 49.8. The highest BCUT2D eigenvalue weighted by atomic mass is 16.8. The summed E-state index contributed by atoms with van der Waals surface area (Å²) in [4.78, 5) is 24.4. The van der Waals surface area contributed by atoms with Crippen LogP contribution in [0.15, 0.2) is 0 Å². The number of carbonyl (C=O) groups excluding carboxylic acids is 2. The van der Waals surface area contributed by atoms with Crippen molar-refractivity contribution in [2.45, 2.75) is 198 Å². The van der Waals surface area contributed by atoms with Crippen molar-refractivity contribution in [2.24, 2.45) is 0 Å². The van der Waals surface area contributed by atoms with Crippen molar-refractivity contribution in [1.82, 2.24) is 10.6 Å². The van der Waals surface area contributed by atoms with Gasteiger partial charge >= 0.3 is 0 Å². The molecule has 0 saturated carbocycles. The Labute approximate surface area is 413 Å². The van der Waals surface area contributed by atoms with Gasteiger partial charge in [-0.1, -0.05) is 0 Å². The minimum Gasteiger partial charge on any atom is -0.394 e. The van der Waals surface area contributed by atoms with Gasteiger partial charge in [0, 0.05) is 13.8 Å². The summed E-state index contributed by atoms with van der Waals surface area (Å²) in [6.07, 6.45) is -53.5. The second-order valence-electron chi connectivity index (χ2n) is 18.3. The van der Waals surface area contributed by atoms with E-state index in [2.05, 4.69) is 10.6 Å². The highest BCUT2D eigenvalue weighted by Gasteiger charge is 2.57. The summed E-state index contributed by atoms with van der Waals surface area (Å²) in [6.45, 7) is -3.62. The molecule has 0 radical (unpaired) electrons. The van der Waals surface area contributed by atoms with Gasteiger partial charge in [-0.2, -0.15) is 0 Å². The van der Waals surface area contributed by atoms with Crippen molar-refractivity contribution >= 4 is 11.8 Å². The van der Waals surface area contributed by atoms with Gasteiger partial charge in [-0.15, -0.1) is 0 Å². The lowest BCUT2D eigenvalue weighted by Crippen LogP contribution is -2.70. The maximum Gasteiger partial charge on any atom is 0.217 e. The average molecular weight is 1070 g/mol. The van der Waals surface area contributed by atoms with Gasteiger partial charge < -0.3 is 155 Å². The molecule has 0 bridgehead atoms. The van der Waals surface area contributed by atoms with Crippen LogP contribution < -0.4 is 10.6 Å². The van der Waals surface area contributed by atoms with E-state index in [0.29, 0.717) is 0 Å². The van der Waals surface area contributed by atoms with Crippen LogP contribution in [0.4, 0.5) is 0 Å². The maximum absolute atomic E-state index is 12.6. The molecule has 0 aromatic heterocycles. The molecule has 6 rings (SSSR count). The number of hydrogen-bond acceptors (Lipinski definition) is 31. The lowest BCUT2D eigenvalue weighted by atomic mass is 9.94. The standard InChI is InChI=1S/C40H68N2O31/c1-9(48)41-17-23(54)31(14(6-46)64-35(17)62)70-36-18(42-10(2)49)24(55)32(15(7-47)68-36)71-40-30(61)34(73-39-28(59)26(57)20(51)12(4-44)67-39)22(53)16(69-40)8-63-37-29(60)33(21(52)13(5-45)65-37)72-38-27(58)25(56)19(50)11(3-43)66-38/h11-40,43-47,50-62H,3-8H2,1-2H3,(H,41,48)(H,42,49)/t11-,12-,13-,14-,15-,16-,17-,18-,19-,20-,21-,22-,23-,24-,25+,26+,27+,28+,29+,30+,31-,32-,33+,34+,35+,36+,37+,38-,39-,40+/m1/s1. The Morgan fingerprint density at radius 1 is 0.356 bits per heavy atom. The number of nitrogens with one attached hydrogen (secondary N) is 2. The van der Waals surface area contributed by atoms with Crippen LogP contribution in [-0.2, 0) is 61.7 Å². The van der Waals surface area contributed by atoms with Crippen LogP contribution in [0.2, 0.25) is 0 Å². The Bertz CT molecular complexity index is 1750. The molecule has 2 amide bonds. The number of carbonyl (C=O) groups is 2. The van der Waals surface area contributed by atoms with Crippen LogP contribution in [0.3, 0.4) is 0 Å². The molecule has 424 valence electrons. The minimum absolute atomic E-state index is 0.716. The van der Waals surface area contributed by atoms with Gasteiger partial charge in [-0.25, -0.2) is 0 Å². The minimum atomic E-state index is -2.27. The van der Waals surface area contributed by atoms with Crippen molar-refractivity contribution in [1.29, 1.82) is 0 Å². The zero-order valence-corrected chi connectivity index (χ0v) is 38.9. The van der Waals surface area contributed by atoms with Gasteiger partial charge in [0.05, 0.1) is 39.6 Å². The molecule has 6 aliphatic heterocycles. The molecular weight excluding hydrogens is 1000 g/mol. The first-order valence-electron chi connectivity index (χ1n) is 23.1. The highest BCUT2D eigenvalue weighted by molar-refractivity contribution is 5.73. The lowest BCUT2D eigenvalue weighted by Gasteiger charge is -2.50. The molecule has 6 fully saturated rings.